The zero-order chi connectivity index (χ0) is 25.4. The summed E-state index contributed by atoms with van der Waals surface area (Å²) in [6.45, 7) is 4.18. The number of amides is 2. The Kier molecular flexibility index (Phi) is 6.39. The molecule has 5 rings (SSSR count). The van der Waals surface area contributed by atoms with Crippen LogP contribution >= 0.6 is 0 Å². The van der Waals surface area contributed by atoms with Crippen molar-refractivity contribution in [2.24, 2.45) is 0 Å². The monoisotopic (exact) mass is 505 g/mol. The smallest absolute Gasteiger partial charge is 0.414 e. The second-order valence-electron chi connectivity index (χ2n) is 9.13. The number of ether oxygens (including phenoxy) is 4. The van der Waals surface area contributed by atoms with Crippen LogP contribution in [0.25, 0.3) is 5.57 Å². The fourth-order valence-corrected chi connectivity index (χ4v) is 4.40. The van der Waals surface area contributed by atoms with Gasteiger partial charge in [0.15, 0.2) is 18.0 Å². The average Bonchev–Trinajstić information content (AvgIpc) is 3.57. The quantitative estimate of drug-likeness (QED) is 0.590. The van der Waals surface area contributed by atoms with E-state index < -0.39 is 35.7 Å². The van der Waals surface area contributed by atoms with Gasteiger partial charge in [-0.1, -0.05) is 6.08 Å². The fraction of sp³-hybridized carbons (Fsp3) is 0.458. The highest BCUT2D eigenvalue weighted by Crippen LogP contribution is 2.33. The molecule has 3 aliphatic heterocycles. The summed E-state index contributed by atoms with van der Waals surface area (Å²) in [5, 5.41) is 3.60. The third-order valence-electron chi connectivity index (χ3n) is 6.17. The van der Waals surface area contributed by atoms with Gasteiger partial charge in [-0.3, -0.25) is 9.69 Å². The number of hydrogen-bond donors (Lipinski definition) is 0. The van der Waals surface area contributed by atoms with Crippen molar-refractivity contribution >= 4 is 23.3 Å². The molecule has 2 aromatic rings. The molecule has 2 fully saturated rings. The van der Waals surface area contributed by atoms with Crippen molar-refractivity contribution in [3.05, 3.63) is 47.7 Å². The van der Waals surface area contributed by atoms with Gasteiger partial charge in [-0.15, -0.1) is 0 Å². The summed E-state index contributed by atoms with van der Waals surface area (Å²) in [5.41, 5.74) is 0.315. The predicted octanol–water partition coefficient (Wildman–Crippen LogP) is 3.12. The first-order valence-electron chi connectivity index (χ1n) is 11.5. The van der Waals surface area contributed by atoms with E-state index in [0.29, 0.717) is 5.57 Å². The minimum Gasteiger partial charge on any atom is -0.471 e. The summed E-state index contributed by atoms with van der Waals surface area (Å²) in [5.74, 6) is -2.42. The Bertz CT molecular complexity index is 1160. The van der Waals surface area contributed by atoms with Crippen LogP contribution in [0.5, 0.6) is 5.88 Å². The third kappa shape index (κ3) is 4.91. The Morgan fingerprint density at radius 1 is 1.28 bits per heavy atom. The van der Waals surface area contributed by atoms with Crippen molar-refractivity contribution in [2.75, 3.05) is 37.7 Å². The maximum atomic E-state index is 15.1. The van der Waals surface area contributed by atoms with Crippen molar-refractivity contribution in [1.29, 1.82) is 0 Å². The molecule has 192 valence electrons. The van der Waals surface area contributed by atoms with E-state index in [9.17, 15) is 9.59 Å². The maximum absolute atomic E-state index is 15.1. The van der Waals surface area contributed by atoms with Crippen LogP contribution in [0.3, 0.4) is 0 Å². The van der Waals surface area contributed by atoms with E-state index in [0.717, 1.165) is 17.0 Å². The van der Waals surface area contributed by atoms with E-state index in [4.69, 9.17) is 18.9 Å². The van der Waals surface area contributed by atoms with Crippen molar-refractivity contribution in [1.82, 2.24) is 10.1 Å². The first-order chi connectivity index (χ1) is 17.2. The third-order valence-corrected chi connectivity index (χ3v) is 6.17. The predicted molar refractivity (Wildman–Crippen MR) is 120 cm³/mol. The molecule has 0 N–H and O–H groups in total. The van der Waals surface area contributed by atoms with Crippen molar-refractivity contribution in [2.45, 2.75) is 38.3 Å². The first kappa shape index (κ1) is 24.2. The molecule has 3 aliphatic rings. The summed E-state index contributed by atoms with van der Waals surface area (Å²) in [7, 11) is 0. The van der Waals surface area contributed by atoms with Gasteiger partial charge in [-0.2, -0.15) is 0 Å². The molecular formula is C24H25F2N3O7. The molecule has 0 spiro atoms. The van der Waals surface area contributed by atoms with Gasteiger partial charge in [-0.05, 0) is 43.1 Å². The summed E-state index contributed by atoms with van der Waals surface area (Å²) in [4.78, 5) is 27.7. The number of halogens is 2. The van der Waals surface area contributed by atoms with Crippen molar-refractivity contribution < 1.29 is 41.8 Å². The average molecular weight is 505 g/mol. The lowest BCUT2D eigenvalue weighted by Crippen LogP contribution is -2.43. The second-order valence-corrected chi connectivity index (χ2v) is 9.13. The van der Waals surface area contributed by atoms with Gasteiger partial charge in [0.1, 0.15) is 24.5 Å². The summed E-state index contributed by atoms with van der Waals surface area (Å²) in [6.07, 6.45) is 1.15. The molecule has 0 saturated carbocycles. The largest absolute Gasteiger partial charge is 0.471 e. The number of cyclic esters (lactones) is 1. The molecule has 0 bridgehead atoms. The number of carbonyl (C=O) groups is 2. The minimum atomic E-state index is -0.822. The van der Waals surface area contributed by atoms with Gasteiger partial charge in [0.2, 0.25) is 0 Å². The molecule has 0 aliphatic carbocycles. The van der Waals surface area contributed by atoms with Crippen molar-refractivity contribution in [3.63, 3.8) is 0 Å². The molecule has 4 heterocycles. The van der Waals surface area contributed by atoms with E-state index in [2.05, 4.69) is 9.68 Å². The van der Waals surface area contributed by atoms with Crippen LogP contribution < -0.4 is 9.64 Å². The first-order valence-corrected chi connectivity index (χ1v) is 11.5. The minimum absolute atomic E-state index is 0.00937. The lowest BCUT2D eigenvalue weighted by atomic mass is 9.97. The topological polar surface area (TPSA) is 104 Å². The van der Waals surface area contributed by atoms with Crippen LogP contribution in [-0.2, 0) is 19.0 Å². The summed E-state index contributed by atoms with van der Waals surface area (Å²) in [6, 6.07) is 3.71. The number of benzene rings is 1. The SMILES string of the molecule is CC1(C)OC[C@H](C(=O)N2CC=C(c3c(F)cc(N4C[C@H](COc5ccon5)OC4=O)cc3F)CC2)O1. The van der Waals surface area contributed by atoms with Gasteiger partial charge in [0.05, 0.1) is 18.8 Å². The maximum Gasteiger partial charge on any atom is 0.414 e. The Balaban J connectivity index is 1.24. The summed E-state index contributed by atoms with van der Waals surface area (Å²) >= 11 is 0. The van der Waals surface area contributed by atoms with Gasteiger partial charge in [-0.25, -0.2) is 13.6 Å². The van der Waals surface area contributed by atoms with Crippen molar-refractivity contribution in [3.8, 4) is 5.88 Å². The molecular weight excluding hydrogens is 480 g/mol. The van der Waals surface area contributed by atoms with Crippen LogP contribution in [0.1, 0.15) is 25.8 Å². The van der Waals surface area contributed by atoms with Gasteiger partial charge in [0, 0.05) is 24.7 Å². The lowest BCUT2D eigenvalue weighted by Gasteiger charge is -2.29. The second kappa shape index (κ2) is 9.51. The molecule has 2 amide bonds. The van der Waals surface area contributed by atoms with Crippen LogP contribution in [0, 0.1) is 11.6 Å². The van der Waals surface area contributed by atoms with E-state index in [1.807, 2.05) is 0 Å². The molecule has 1 aromatic heterocycles. The number of hydrogen-bond acceptors (Lipinski definition) is 8. The molecule has 1 aromatic carbocycles. The van der Waals surface area contributed by atoms with Gasteiger partial charge in [0.25, 0.3) is 11.8 Å². The number of rotatable bonds is 6. The zero-order valence-corrected chi connectivity index (χ0v) is 19.7. The molecule has 36 heavy (non-hydrogen) atoms. The van der Waals surface area contributed by atoms with E-state index >= 15 is 8.78 Å². The van der Waals surface area contributed by atoms with Crippen LogP contribution in [0.15, 0.2) is 35.1 Å². The Morgan fingerprint density at radius 3 is 2.67 bits per heavy atom. The highest BCUT2D eigenvalue weighted by atomic mass is 19.1. The number of carbonyl (C=O) groups excluding carboxylic acids is 2. The molecule has 2 atom stereocenters. The van der Waals surface area contributed by atoms with Crippen LogP contribution in [0.2, 0.25) is 0 Å². The molecule has 0 radical (unpaired) electrons. The number of anilines is 1. The van der Waals surface area contributed by atoms with Crippen LogP contribution in [0.4, 0.5) is 19.3 Å². The molecule has 0 unspecified atom stereocenters. The van der Waals surface area contributed by atoms with Crippen LogP contribution in [-0.4, -0.2) is 72.9 Å². The van der Waals surface area contributed by atoms with E-state index in [-0.39, 0.29) is 62.3 Å². The normalized spacial score (nSPS) is 23.6. The zero-order valence-electron chi connectivity index (χ0n) is 19.7. The van der Waals surface area contributed by atoms with Gasteiger partial charge >= 0.3 is 6.09 Å². The Hall–Kier alpha value is -3.51. The molecule has 12 heteroatoms. The van der Waals surface area contributed by atoms with E-state index in [1.54, 1.807) is 24.8 Å². The van der Waals surface area contributed by atoms with Gasteiger partial charge < -0.3 is 28.4 Å². The fourth-order valence-electron chi connectivity index (χ4n) is 4.40. The Morgan fingerprint density at radius 2 is 2.06 bits per heavy atom. The van der Waals surface area contributed by atoms with E-state index in [1.165, 1.54) is 12.3 Å². The summed E-state index contributed by atoms with van der Waals surface area (Å²) < 4.78 is 56.5. The Labute approximate surface area is 205 Å². The highest BCUT2D eigenvalue weighted by Gasteiger charge is 2.39. The number of nitrogens with zero attached hydrogens (tertiary/aromatic N) is 3. The molecule has 2 saturated heterocycles. The number of aromatic nitrogens is 1. The standard InChI is InChI=1S/C24H25F2N3O7/c1-24(2)33-13-19(36-24)22(30)28-6-3-14(4-7-28)21-17(25)9-15(10-18(21)26)29-11-16(35-23(29)31)12-32-20-5-8-34-27-20/h3,5,8-10,16,19H,4,6-7,11-13H2,1-2H3/t16-,19-/m1/s1. The lowest BCUT2D eigenvalue weighted by molar-refractivity contribution is -0.159. The highest BCUT2D eigenvalue weighted by molar-refractivity contribution is 5.90. The molecule has 10 nitrogen and oxygen atoms in total.